The van der Waals surface area contributed by atoms with Crippen LogP contribution < -0.4 is 10.2 Å². The number of anilines is 1. The molecule has 1 aliphatic carbocycles. The van der Waals surface area contributed by atoms with Crippen LogP contribution in [0.3, 0.4) is 0 Å². The average molecular weight is 276 g/mol. The number of nitrogens with zero attached hydrogens (tertiary/aromatic N) is 1. The van der Waals surface area contributed by atoms with E-state index in [1.807, 2.05) is 6.07 Å². The predicted molar refractivity (Wildman–Crippen MR) is 81.4 cm³/mol. The van der Waals surface area contributed by atoms with Gasteiger partial charge in [0.05, 0.1) is 5.69 Å². The molecule has 2 atom stereocenters. The summed E-state index contributed by atoms with van der Waals surface area (Å²) in [6.07, 6.45) is 4.03. The molecule has 2 unspecified atom stereocenters. The van der Waals surface area contributed by atoms with E-state index in [2.05, 4.69) is 30.1 Å². The zero-order valence-electron chi connectivity index (χ0n) is 12.5. The summed E-state index contributed by atoms with van der Waals surface area (Å²) in [4.78, 5) is 2.25. The minimum atomic E-state index is -0.0620. The molecule has 1 aromatic rings. The van der Waals surface area contributed by atoms with Crippen molar-refractivity contribution in [1.29, 1.82) is 0 Å². The van der Waals surface area contributed by atoms with Gasteiger partial charge in [0.2, 0.25) is 0 Å². The van der Waals surface area contributed by atoms with E-state index < -0.39 is 0 Å². The van der Waals surface area contributed by atoms with Crippen molar-refractivity contribution in [3.8, 4) is 0 Å². The van der Waals surface area contributed by atoms with Crippen LogP contribution in [-0.4, -0.2) is 19.1 Å². The largest absolute Gasteiger partial charge is 0.369 e. The zero-order chi connectivity index (χ0) is 14.1. The third-order valence-electron chi connectivity index (χ3n) is 4.79. The monoisotopic (exact) mass is 276 g/mol. The minimum Gasteiger partial charge on any atom is -0.369 e. The molecule has 20 heavy (non-hydrogen) atoms. The molecule has 2 fully saturated rings. The first kappa shape index (κ1) is 13.9. The van der Waals surface area contributed by atoms with Crippen LogP contribution in [-0.2, 0) is 6.54 Å². The Kier molecular flexibility index (Phi) is 3.97. The highest BCUT2D eigenvalue weighted by molar-refractivity contribution is 5.50. The Labute approximate surface area is 121 Å². The molecule has 110 valence electrons. The molecule has 1 heterocycles. The number of hydrogen-bond acceptors (Lipinski definition) is 2. The first-order valence-electron chi connectivity index (χ1n) is 7.90. The van der Waals surface area contributed by atoms with Crippen LogP contribution in [0.1, 0.15) is 38.7 Å². The number of nitrogens with one attached hydrogen (secondary N) is 1. The number of benzene rings is 1. The summed E-state index contributed by atoms with van der Waals surface area (Å²) in [6.45, 7) is 7.04. The standard InChI is InChI=1S/C17H25FN2/c1-12(2)19-9-13-6-7-17(16(18)8-13)20-10-14-4-3-5-15(14)11-20/h6-8,12,14-15,19H,3-5,9-11H2,1-2H3. The maximum Gasteiger partial charge on any atom is 0.146 e. The third-order valence-corrected chi connectivity index (χ3v) is 4.79. The zero-order valence-corrected chi connectivity index (χ0v) is 12.5. The van der Waals surface area contributed by atoms with Crippen LogP contribution in [0.2, 0.25) is 0 Å². The summed E-state index contributed by atoms with van der Waals surface area (Å²) in [5.41, 5.74) is 1.83. The maximum absolute atomic E-state index is 14.3. The van der Waals surface area contributed by atoms with Gasteiger partial charge in [-0.05, 0) is 42.4 Å². The van der Waals surface area contributed by atoms with Crippen molar-refractivity contribution in [2.24, 2.45) is 11.8 Å². The van der Waals surface area contributed by atoms with Gasteiger partial charge in [0, 0.05) is 25.7 Å². The number of hydrogen-bond donors (Lipinski definition) is 1. The fourth-order valence-corrected chi connectivity index (χ4v) is 3.67. The molecular formula is C17H25FN2. The van der Waals surface area contributed by atoms with Crippen LogP contribution in [0, 0.1) is 17.7 Å². The first-order chi connectivity index (χ1) is 9.63. The minimum absolute atomic E-state index is 0.0620. The lowest BCUT2D eigenvalue weighted by Gasteiger charge is -2.21. The second kappa shape index (κ2) is 5.72. The Hall–Kier alpha value is -1.09. The molecule has 2 aliphatic rings. The van der Waals surface area contributed by atoms with Crippen LogP contribution in [0.5, 0.6) is 0 Å². The first-order valence-corrected chi connectivity index (χ1v) is 7.90. The van der Waals surface area contributed by atoms with Crippen molar-refractivity contribution in [3.63, 3.8) is 0 Å². The van der Waals surface area contributed by atoms with E-state index in [1.54, 1.807) is 6.07 Å². The third kappa shape index (κ3) is 2.83. The fraction of sp³-hybridized carbons (Fsp3) is 0.647. The van der Waals surface area contributed by atoms with Crippen LogP contribution >= 0.6 is 0 Å². The quantitative estimate of drug-likeness (QED) is 0.904. The maximum atomic E-state index is 14.3. The molecule has 3 heteroatoms. The number of rotatable bonds is 4. The molecule has 1 saturated carbocycles. The summed E-state index contributed by atoms with van der Waals surface area (Å²) in [5.74, 6) is 1.54. The van der Waals surface area contributed by atoms with E-state index in [4.69, 9.17) is 0 Å². The van der Waals surface area contributed by atoms with E-state index >= 15 is 0 Å². The van der Waals surface area contributed by atoms with E-state index in [0.29, 0.717) is 6.04 Å². The Bertz CT molecular complexity index is 460. The van der Waals surface area contributed by atoms with Crippen molar-refractivity contribution in [2.45, 2.75) is 45.7 Å². The van der Waals surface area contributed by atoms with Gasteiger partial charge in [0.1, 0.15) is 5.82 Å². The molecule has 1 saturated heterocycles. The predicted octanol–water partition coefficient (Wildman–Crippen LogP) is 3.56. The van der Waals surface area contributed by atoms with Gasteiger partial charge >= 0.3 is 0 Å². The molecular weight excluding hydrogens is 251 g/mol. The van der Waals surface area contributed by atoms with E-state index in [0.717, 1.165) is 42.7 Å². The lowest BCUT2D eigenvalue weighted by molar-refractivity contribution is 0.494. The average Bonchev–Trinajstić information content (AvgIpc) is 2.97. The molecule has 0 spiro atoms. The Morgan fingerprint density at radius 1 is 1.25 bits per heavy atom. The van der Waals surface area contributed by atoms with E-state index in [-0.39, 0.29) is 5.82 Å². The van der Waals surface area contributed by atoms with Crippen molar-refractivity contribution < 1.29 is 4.39 Å². The van der Waals surface area contributed by atoms with Gasteiger partial charge in [-0.1, -0.05) is 26.3 Å². The highest BCUT2D eigenvalue weighted by atomic mass is 19.1. The highest BCUT2D eigenvalue weighted by Crippen LogP contribution is 2.40. The number of fused-ring (bicyclic) bond motifs is 1. The fourth-order valence-electron chi connectivity index (χ4n) is 3.67. The molecule has 0 amide bonds. The lowest BCUT2D eigenvalue weighted by atomic mass is 10.0. The SMILES string of the molecule is CC(C)NCc1ccc(N2CC3CCCC3C2)c(F)c1. The van der Waals surface area contributed by atoms with Crippen molar-refractivity contribution in [1.82, 2.24) is 5.32 Å². The number of halogens is 1. The molecule has 1 aliphatic heterocycles. The topological polar surface area (TPSA) is 15.3 Å². The molecule has 0 aromatic heterocycles. The summed E-state index contributed by atoms with van der Waals surface area (Å²) in [7, 11) is 0. The summed E-state index contributed by atoms with van der Waals surface area (Å²) in [5, 5.41) is 3.33. The molecule has 2 nitrogen and oxygen atoms in total. The van der Waals surface area contributed by atoms with Crippen LogP contribution in [0.15, 0.2) is 18.2 Å². The van der Waals surface area contributed by atoms with Crippen LogP contribution in [0.4, 0.5) is 10.1 Å². The Morgan fingerprint density at radius 3 is 2.55 bits per heavy atom. The van der Waals surface area contributed by atoms with Crippen LogP contribution in [0.25, 0.3) is 0 Å². The van der Waals surface area contributed by atoms with Gasteiger partial charge in [-0.3, -0.25) is 0 Å². The van der Waals surface area contributed by atoms with Crippen molar-refractivity contribution in [3.05, 3.63) is 29.6 Å². The molecule has 1 N–H and O–H groups in total. The van der Waals surface area contributed by atoms with Crippen molar-refractivity contribution in [2.75, 3.05) is 18.0 Å². The molecule has 3 rings (SSSR count). The van der Waals surface area contributed by atoms with Gasteiger partial charge in [-0.25, -0.2) is 4.39 Å². The summed E-state index contributed by atoms with van der Waals surface area (Å²) < 4.78 is 14.3. The van der Waals surface area contributed by atoms with Gasteiger partial charge in [0.25, 0.3) is 0 Å². The van der Waals surface area contributed by atoms with Gasteiger partial charge < -0.3 is 10.2 Å². The second-order valence-corrected chi connectivity index (χ2v) is 6.68. The Morgan fingerprint density at radius 2 is 1.95 bits per heavy atom. The molecule has 0 radical (unpaired) electrons. The molecule has 0 bridgehead atoms. The lowest BCUT2D eigenvalue weighted by Crippen LogP contribution is -2.23. The van der Waals surface area contributed by atoms with E-state index in [1.165, 1.54) is 19.3 Å². The second-order valence-electron chi connectivity index (χ2n) is 6.68. The van der Waals surface area contributed by atoms with E-state index in [9.17, 15) is 4.39 Å². The summed E-state index contributed by atoms with van der Waals surface area (Å²) >= 11 is 0. The smallest absolute Gasteiger partial charge is 0.146 e. The Balaban J connectivity index is 1.68. The van der Waals surface area contributed by atoms with Crippen molar-refractivity contribution >= 4 is 5.69 Å². The van der Waals surface area contributed by atoms with Gasteiger partial charge in [-0.2, -0.15) is 0 Å². The summed E-state index contributed by atoms with van der Waals surface area (Å²) in [6, 6.07) is 6.14. The highest BCUT2D eigenvalue weighted by Gasteiger charge is 2.36. The molecule has 1 aromatic carbocycles. The van der Waals surface area contributed by atoms with Gasteiger partial charge in [0.15, 0.2) is 0 Å². The normalized spacial score (nSPS) is 25.5. The van der Waals surface area contributed by atoms with Gasteiger partial charge in [-0.15, -0.1) is 0 Å².